The number of esters is 3. The van der Waals surface area contributed by atoms with E-state index in [9.17, 15) is 14.4 Å². The first-order valence-corrected chi connectivity index (χ1v) is 25.1. The summed E-state index contributed by atoms with van der Waals surface area (Å²) in [6.07, 6.45) is 56.5. The number of rotatable bonds is 45. The van der Waals surface area contributed by atoms with Crippen LogP contribution in [0.2, 0.25) is 0 Å². The Labute approximate surface area is 365 Å². The molecule has 0 saturated carbocycles. The van der Waals surface area contributed by atoms with Gasteiger partial charge in [0.1, 0.15) is 13.2 Å². The van der Waals surface area contributed by atoms with E-state index < -0.39 is 6.10 Å². The lowest BCUT2D eigenvalue weighted by Gasteiger charge is -2.18. The molecular weight excluding hydrogens is 733 g/mol. The van der Waals surface area contributed by atoms with Crippen LogP contribution >= 0.6 is 0 Å². The van der Waals surface area contributed by atoms with Gasteiger partial charge in [0.25, 0.3) is 0 Å². The van der Waals surface area contributed by atoms with Crippen LogP contribution in [0.4, 0.5) is 0 Å². The number of carbonyl (C=O) groups excluding carboxylic acids is 3. The van der Waals surface area contributed by atoms with Gasteiger partial charge < -0.3 is 14.2 Å². The highest BCUT2D eigenvalue weighted by molar-refractivity contribution is 5.71. The van der Waals surface area contributed by atoms with Gasteiger partial charge in [0, 0.05) is 19.3 Å². The molecule has 1 atom stereocenters. The molecule has 0 bridgehead atoms. The SMILES string of the molecule is CCCC/C=C\C/C=C\CCCCCCCC(=O)OCC(COC(=O)CCCCCCCCCCCCCCC)OC(=O)CCCCCCC/C=C\C/C=C\CCCC. The maximum atomic E-state index is 12.8. The van der Waals surface area contributed by atoms with Crippen LogP contribution in [0.1, 0.15) is 252 Å². The molecule has 0 fully saturated rings. The molecule has 0 aromatic heterocycles. The molecule has 0 aromatic carbocycles. The van der Waals surface area contributed by atoms with Crippen LogP contribution in [-0.2, 0) is 28.6 Å². The van der Waals surface area contributed by atoms with E-state index >= 15 is 0 Å². The maximum Gasteiger partial charge on any atom is 0.306 e. The van der Waals surface area contributed by atoms with E-state index in [2.05, 4.69) is 69.4 Å². The van der Waals surface area contributed by atoms with Crippen molar-refractivity contribution in [1.82, 2.24) is 0 Å². The Morgan fingerprint density at radius 3 is 0.983 bits per heavy atom. The van der Waals surface area contributed by atoms with Crippen molar-refractivity contribution >= 4 is 17.9 Å². The molecule has 0 spiro atoms. The van der Waals surface area contributed by atoms with Gasteiger partial charge in [-0.1, -0.05) is 211 Å². The van der Waals surface area contributed by atoms with Crippen molar-refractivity contribution in [2.24, 2.45) is 0 Å². The molecular formula is C53H94O6. The Kier molecular flexibility index (Phi) is 45.9. The molecule has 0 aliphatic heterocycles. The minimum Gasteiger partial charge on any atom is -0.462 e. The lowest BCUT2D eigenvalue weighted by molar-refractivity contribution is -0.167. The largest absolute Gasteiger partial charge is 0.462 e. The van der Waals surface area contributed by atoms with Crippen LogP contribution in [0.3, 0.4) is 0 Å². The van der Waals surface area contributed by atoms with E-state index in [1.165, 1.54) is 109 Å². The average molecular weight is 827 g/mol. The molecule has 0 aromatic rings. The molecule has 1 unspecified atom stereocenters. The summed E-state index contributed by atoms with van der Waals surface area (Å²) >= 11 is 0. The van der Waals surface area contributed by atoms with Crippen molar-refractivity contribution in [3.63, 3.8) is 0 Å². The summed E-state index contributed by atoms with van der Waals surface area (Å²) in [5.74, 6) is -0.905. The topological polar surface area (TPSA) is 78.9 Å². The molecule has 0 radical (unpaired) electrons. The lowest BCUT2D eigenvalue weighted by Crippen LogP contribution is -2.30. The number of ether oxygens (including phenoxy) is 3. The second-order valence-corrected chi connectivity index (χ2v) is 16.7. The van der Waals surface area contributed by atoms with E-state index in [0.717, 1.165) is 103 Å². The van der Waals surface area contributed by atoms with Crippen molar-refractivity contribution in [2.75, 3.05) is 13.2 Å². The van der Waals surface area contributed by atoms with Crippen LogP contribution in [0.5, 0.6) is 0 Å². The number of unbranched alkanes of at least 4 members (excludes halogenated alkanes) is 26. The zero-order chi connectivity index (χ0) is 43.0. The van der Waals surface area contributed by atoms with E-state index in [1.54, 1.807) is 0 Å². The van der Waals surface area contributed by atoms with Gasteiger partial charge in [-0.05, 0) is 70.6 Å². The normalized spacial score (nSPS) is 12.4. The Hall–Kier alpha value is -2.63. The summed E-state index contributed by atoms with van der Waals surface area (Å²) in [5, 5.41) is 0. The molecule has 6 heteroatoms. The first-order chi connectivity index (χ1) is 29.0. The second kappa shape index (κ2) is 48.0. The quantitative estimate of drug-likeness (QED) is 0.0263. The maximum absolute atomic E-state index is 12.8. The monoisotopic (exact) mass is 827 g/mol. The summed E-state index contributed by atoms with van der Waals surface area (Å²) < 4.78 is 16.8. The van der Waals surface area contributed by atoms with E-state index in [-0.39, 0.29) is 31.1 Å². The van der Waals surface area contributed by atoms with Gasteiger partial charge >= 0.3 is 17.9 Å². The molecule has 0 aliphatic carbocycles. The van der Waals surface area contributed by atoms with Crippen molar-refractivity contribution in [1.29, 1.82) is 0 Å². The zero-order valence-electron chi connectivity index (χ0n) is 39.0. The van der Waals surface area contributed by atoms with Crippen LogP contribution in [-0.4, -0.2) is 37.2 Å². The highest BCUT2D eigenvalue weighted by Crippen LogP contribution is 2.15. The first-order valence-electron chi connectivity index (χ1n) is 25.1. The highest BCUT2D eigenvalue weighted by atomic mass is 16.6. The van der Waals surface area contributed by atoms with E-state index in [0.29, 0.717) is 19.3 Å². The van der Waals surface area contributed by atoms with Crippen molar-refractivity contribution in [2.45, 2.75) is 258 Å². The molecule has 0 rings (SSSR count). The third kappa shape index (κ3) is 46.3. The predicted octanol–water partition coefficient (Wildman–Crippen LogP) is 16.3. The standard InChI is InChI=1S/C53H94O6/c1-4-7-10-13-16-19-22-25-28-31-34-37-40-43-46-52(55)58-49-50(48-57-51(54)45-42-39-36-33-30-27-24-21-18-15-12-9-6-3)59-53(56)47-44-41-38-35-32-29-26-23-20-17-14-11-8-5-2/h13-14,16-17,22-23,25-26,50H,4-12,15,18-21,24,27-49H2,1-3H3/b16-13-,17-14-,25-22-,26-23-. The molecule has 342 valence electrons. The molecule has 59 heavy (non-hydrogen) atoms. The number of allylic oxidation sites excluding steroid dienone is 8. The van der Waals surface area contributed by atoms with Gasteiger partial charge in [-0.3, -0.25) is 14.4 Å². The van der Waals surface area contributed by atoms with Crippen LogP contribution in [0, 0.1) is 0 Å². The first kappa shape index (κ1) is 56.4. The average Bonchev–Trinajstić information content (AvgIpc) is 3.23. The summed E-state index contributed by atoms with van der Waals surface area (Å²) in [5.41, 5.74) is 0. The Morgan fingerprint density at radius 2 is 0.627 bits per heavy atom. The second-order valence-electron chi connectivity index (χ2n) is 16.7. The van der Waals surface area contributed by atoms with E-state index in [4.69, 9.17) is 14.2 Å². The summed E-state index contributed by atoms with van der Waals surface area (Å²) in [6.45, 7) is 6.54. The predicted molar refractivity (Wildman–Crippen MR) is 252 cm³/mol. The highest BCUT2D eigenvalue weighted by Gasteiger charge is 2.19. The minimum atomic E-state index is -0.782. The fourth-order valence-electron chi connectivity index (χ4n) is 6.95. The van der Waals surface area contributed by atoms with Crippen molar-refractivity contribution in [3.05, 3.63) is 48.6 Å². The minimum absolute atomic E-state index is 0.0814. The summed E-state index contributed by atoms with van der Waals surface area (Å²) in [7, 11) is 0. The van der Waals surface area contributed by atoms with Crippen LogP contribution < -0.4 is 0 Å². The Morgan fingerprint density at radius 1 is 0.339 bits per heavy atom. The summed E-state index contributed by atoms with van der Waals surface area (Å²) in [4.78, 5) is 37.9. The van der Waals surface area contributed by atoms with Gasteiger partial charge in [0.15, 0.2) is 6.10 Å². The van der Waals surface area contributed by atoms with E-state index in [1.807, 2.05) is 0 Å². The Bertz CT molecular complexity index is 1040. The lowest BCUT2D eigenvalue weighted by atomic mass is 10.0. The van der Waals surface area contributed by atoms with Crippen molar-refractivity contribution in [3.8, 4) is 0 Å². The smallest absolute Gasteiger partial charge is 0.306 e. The fourth-order valence-corrected chi connectivity index (χ4v) is 6.95. The van der Waals surface area contributed by atoms with Gasteiger partial charge in [0.2, 0.25) is 0 Å². The molecule has 6 nitrogen and oxygen atoms in total. The third-order valence-corrected chi connectivity index (χ3v) is 10.8. The summed E-state index contributed by atoms with van der Waals surface area (Å²) in [6, 6.07) is 0. The molecule has 0 heterocycles. The number of hydrogen-bond acceptors (Lipinski definition) is 6. The Balaban J connectivity index is 4.41. The van der Waals surface area contributed by atoms with Crippen LogP contribution in [0.25, 0.3) is 0 Å². The molecule has 0 N–H and O–H groups in total. The van der Waals surface area contributed by atoms with Gasteiger partial charge in [-0.2, -0.15) is 0 Å². The van der Waals surface area contributed by atoms with Gasteiger partial charge in [-0.15, -0.1) is 0 Å². The van der Waals surface area contributed by atoms with Gasteiger partial charge in [0.05, 0.1) is 0 Å². The van der Waals surface area contributed by atoms with Crippen molar-refractivity contribution < 1.29 is 28.6 Å². The number of carbonyl (C=O) groups is 3. The fraction of sp³-hybridized carbons (Fsp3) is 0.792. The van der Waals surface area contributed by atoms with Crippen LogP contribution in [0.15, 0.2) is 48.6 Å². The third-order valence-electron chi connectivity index (χ3n) is 10.8. The number of hydrogen-bond donors (Lipinski definition) is 0. The van der Waals surface area contributed by atoms with Gasteiger partial charge in [-0.25, -0.2) is 0 Å². The molecule has 0 amide bonds. The molecule has 0 aliphatic rings. The molecule has 0 saturated heterocycles. The zero-order valence-corrected chi connectivity index (χ0v) is 39.0.